The molecule has 1 N–H and O–H groups in total. The van der Waals surface area contributed by atoms with Crippen LogP contribution in [-0.4, -0.2) is 36.0 Å². The van der Waals surface area contributed by atoms with Gasteiger partial charge in [0.1, 0.15) is 5.75 Å². The van der Waals surface area contributed by atoms with Crippen molar-refractivity contribution in [3.63, 3.8) is 0 Å². The monoisotopic (exact) mass is 390 g/mol. The van der Waals surface area contributed by atoms with Crippen LogP contribution in [0, 0.1) is 0 Å². The number of methoxy groups -OCH3 is 2. The summed E-state index contributed by atoms with van der Waals surface area (Å²) >= 11 is 0. The highest BCUT2D eigenvalue weighted by Gasteiger charge is 2.33. The van der Waals surface area contributed by atoms with Crippen molar-refractivity contribution in [2.75, 3.05) is 14.2 Å². The first kappa shape index (κ1) is 18.8. The molecule has 29 heavy (non-hydrogen) atoms. The lowest BCUT2D eigenvalue weighted by Crippen LogP contribution is -2.24. The van der Waals surface area contributed by atoms with E-state index < -0.39 is 0 Å². The van der Waals surface area contributed by atoms with Gasteiger partial charge in [-0.2, -0.15) is 5.10 Å². The van der Waals surface area contributed by atoms with Crippen molar-refractivity contribution >= 4 is 22.4 Å². The lowest BCUT2D eigenvalue weighted by molar-refractivity contribution is -0.130. The van der Waals surface area contributed by atoms with E-state index in [9.17, 15) is 9.90 Å². The second-order valence-corrected chi connectivity index (χ2v) is 6.93. The van der Waals surface area contributed by atoms with Crippen LogP contribution in [0.3, 0.4) is 0 Å². The largest absolute Gasteiger partial charge is 0.507 e. The summed E-state index contributed by atoms with van der Waals surface area (Å²) in [5.41, 5.74) is 2.19. The van der Waals surface area contributed by atoms with E-state index in [2.05, 4.69) is 5.10 Å². The van der Waals surface area contributed by atoms with Crippen molar-refractivity contribution in [3.8, 4) is 17.2 Å². The van der Waals surface area contributed by atoms with Crippen LogP contribution in [-0.2, 0) is 4.79 Å². The third-order valence-corrected chi connectivity index (χ3v) is 5.24. The molecule has 0 aromatic heterocycles. The molecule has 0 bridgehead atoms. The van der Waals surface area contributed by atoms with Crippen molar-refractivity contribution < 1.29 is 19.4 Å². The average molecular weight is 390 g/mol. The molecular weight excluding hydrogens is 368 g/mol. The van der Waals surface area contributed by atoms with Gasteiger partial charge in [-0.05, 0) is 29.1 Å². The van der Waals surface area contributed by atoms with Crippen LogP contribution in [0.4, 0.5) is 0 Å². The van der Waals surface area contributed by atoms with E-state index >= 15 is 0 Å². The van der Waals surface area contributed by atoms with Crippen LogP contribution in [0.15, 0.2) is 59.7 Å². The van der Waals surface area contributed by atoms with E-state index in [0.29, 0.717) is 29.2 Å². The summed E-state index contributed by atoms with van der Waals surface area (Å²) in [5, 5.41) is 18.5. The standard InChI is InChI=1S/C23H22N2O4/c1-14(26)25-20(16-9-11-21(28-2)22(12-16)29-3)13-19(24-25)18-10-8-15-6-4-5-7-17(15)23(18)27/h4-12,20,27H,13H2,1-3H3/t20-/m0/s1. The molecule has 1 aliphatic heterocycles. The summed E-state index contributed by atoms with van der Waals surface area (Å²) in [4.78, 5) is 12.3. The molecule has 3 aromatic rings. The zero-order valence-electron chi connectivity index (χ0n) is 16.5. The maximum atomic E-state index is 12.3. The lowest BCUT2D eigenvalue weighted by Gasteiger charge is -2.21. The quantitative estimate of drug-likeness (QED) is 0.723. The molecule has 3 aromatic carbocycles. The second kappa shape index (κ2) is 7.47. The fourth-order valence-corrected chi connectivity index (χ4v) is 3.77. The van der Waals surface area contributed by atoms with Crippen LogP contribution < -0.4 is 9.47 Å². The highest BCUT2D eigenvalue weighted by Crippen LogP contribution is 2.39. The van der Waals surface area contributed by atoms with Gasteiger partial charge in [-0.1, -0.05) is 36.4 Å². The van der Waals surface area contributed by atoms with Gasteiger partial charge in [0.25, 0.3) is 0 Å². The summed E-state index contributed by atoms with van der Waals surface area (Å²) in [6, 6.07) is 16.7. The van der Waals surface area contributed by atoms with E-state index in [1.807, 2.05) is 54.6 Å². The highest BCUT2D eigenvalue weighted by atomic mass is 16.5. The van der Waals surface area contributed by atoms with E-state index in [1.165, 1.54) is 11.9 Å². The minimum Gasteiger partial charge on any atom is -0.507 e. The molecule has 4 rings (SSSR count). The number of rotatable bonds is 4. The van der Waals surface area contributed by atoms with Gasteiger partial charge >= 0.3 is 0 Å². The first-order chi connectivity index (χ1) is 14.0. The number of carbonyl (C=O) groups excluding carboxylic acids is 1. The Hall–Kier alpha value is -3.54. The SMILES string of the molecule is COc1ccc([C@@H]2CC(c3ccc4ccccc4c3O)=NN2C(C)=O)cc1OC. The summed E-state index contributed by atoms with van der Waals surface area (Å²) < 4.78 is 10.7. The second-order valence-electron chi connectivity index (χ2n) is 6.93. The minimum absolute atomic E-state index is 0.167. The Morgan fingerprint density at radius 3 is 2.55 bits per heavy atom. The number of phenolic OH excluding ortho intramolecular Hbond substituents is 1. The molecule has 1 atom stereocenters. The van der Waals surface area contributed by atoms with Crippen molar-refractivity contribution in [2.24, 2.45) is 5.10 Å². The van der Waals surface area contributed by atoms with Crippen molar-refractivity contribution in [1.82, 2.24) is 5.01 Å². The van der Waals surface area contributed by atoms with Crippen LogP contribution >= 0.6 is 0 Å². The summed E-state index contributed by atoms with van der Waals surface area (Å²) in [6.45, 7) is 1.49. The number of aromatic hydroxyl groups is 1. The van der Waals surface area contributed by atoms with E-state index in [-0.39, 0.29) is 17.7 Å². The van der Waals surface area contributed by atoms with Gasteiger partial charge < -0.3 is 14.6 Å². The molecule has 148 valence electrons. The number of benzene rings is 3. The molecule has 0 saturated heterocycles. The zero-order valence-corrected chi connectivity index (χ0v) is 16.5. The number of hydrazone groups is 1. The van der Waals surface area contributed by atoms with Gasteiger partial charge in [0.2, 0.25) is 5.91 Å². The molecule has 1 amide bonds. The van der Waals surface area contributed by atoms with Crippen molar-refractivity contribution in [3.05, 3.63) is 65.7 Å². The molecule has 0 unspecified atom stereocenters. The molecule has 0 saturated carbocycles. The van der Waals surface area contributed by atoms with Crippen LogP contribution in [0.25, 0.3) is 10.8 Å². The van der Waals surface area contributed by atoms with Crippen LogP contribution in [0.1, 0.15) is 30.5 Å². The molecule has 0 radical (unpaired) electrons. The first-order valence-electron chi connectivity index (χ1n) is 9.33. The highest BCUT2D eigenvalue weighted by molar-refractivity contribution is 6.09. The fourth-order valence-electron chi connectivity index (χ4n) is 3.77. The number of phenols is 1. The predicted octanol–water partition coefficient (Wildman–Crippen LogP) is 4.26. The number of amides is 1. The predicted molar refractivity (Wildman–Crippen MR) is 112 cm³/mol. The number of ether oxygens (including phenoxy) is 2. The van der Waals surface area contributed by atoms with E-state index in [4.69, 9.17) is 9.47 Å². The van der Waals surface area contributed by atoms with Gasteiger partial charge in [0.05, 0.1) is 26.0 Å². The summed E-state index contributed by atoms with van der Waals surface area (Å²) in [6.07, 6.45) is 0.487. The molecule has 1 aliphatic rings. The smallest absolute Gasteiger partial charge is 0.240 e. The van der Waals surface area contributed by atoms with Gasteiger partial charge in [-0.15, -0.1) is 0 Å². The maximum Gasteiger partial charge on any atom is 0.240 e. The van der Waals surface area contributed by atoms with Gasteiger partial charge in [0, 0.05) is 24.3 Å². The van der Waals surface area contributed by atoms with Crippen molar-refractivity contribution in [1.29, 1.82) is 0 Å². The number of hydrogen-bond acceptors (Lipinski definition) is 5. The normalized spacial score (nSPS) is 16.0. The first-order valence-corrected chi connectivity index (χ1v) is 9.33. The van der Waals surface area contributed by atoms with E-state index in [0.717, 1.165) is 16.3 Å². The van der Waals surface area contributed by atoms with Gasteiger partial charge in [-0.25, -0.2) is 5.01 Å². The molecule has 6 nitrogen and oxygen atoms in total. The topological polar surface area (TPSA) is 71.4 Å². The van der Waals surface area contributed by atoms with Crippen molar-refractivity contribution in [2.45, 2.75) is 19.4 Å². The number of hydrogen-bond donors (Lipinski definition) is 1. The lowest BCUT2D eigenvalue weighted by atomic mass is 9.96. The third-order valence-electron chi connectivity index (χ3n) is 5.24. The average Bonchev–Trinajstić information content (AvgIpc) is 3.19. The van der Waals surface area contributed by atoms with Crippen LogP contribution in [0.5, 0.6) is 17.2 Å². The minimum atomic E-state index is -0.284. The van der Waals surface area contributed by atoms with E-state index in [1.54, 1.807) is 14.2 Å². The number of carbonyl (C=O) groups is 1. The summed E-state index contributed by atoms with van der Waals surface area (Å²) in [7, 11) is 3.16. The number of nitrogens with zero attached hydrogens (tertiary/aromatic N) is 2. The van der Waals surface area contributed by atoms with Gasteiger partial charge in [-0.3, -0.25) is 4.79 Å². The molecule has 6 heteroatoms. The Morgan fingerprint density at radius 1 is 1.07 bits per heavy atom. The molecule has 0 fully saturated rings. The maximum absolute atomic E-state index is 12.3. The number of fused-ring (bicyclic) bond motifs is 1. The summed E-state index contributed by atoms with van der Waals surface area (Å²) in [5.74, 6) is 1.23. The zero-order chi connectivity index (χ0) is 20.5. The molecule has 0 aliphatic carbocycles. The third kappa shape index (κ3) is 3.27. The molecule has 1 heterocycles. The molecular formula is C23H22N2O4. The molecule has 0 spiro atoms. The Bertz CT molecular complexity index is 1120. The Balaban J connectivity index is 1.74. The fraction of sp³-hybridized carbons (Fsp3) is 0.217. The Morgan fingerprint density at radius 2 is 1.83 bits per heavy atom. The Kier molecular flexibility index (Phi) is 4.84. The Labute approximate surface area is 169 Å². The van der Waals surface area contributed by atoms with Crippen LogP contribution in [0.2, 0.25) is 0 Å². The van der Waals surface area contributed by atoms with Gasteiger partial charge in [0.15, 0.2) is 11.5 Å².